The van der Waals surface area contributed by atoms with E-state index in [9.17, 15) is 9.59 Å². The molecule has 0 aromatic rings. The van der Waals surface area contributed by atoms with Crippen LogP contribution in [0, 0.1) is 5.92 Å². The molecule has 2 aliphatic rings. The highest BCUT2D eigenvalue weighted by atomic mass is 16.2. The van der Waals surface area contributed by atoms with Crippen LogP contribution in [-0.2, 0) is 9.59 Å². The second kappa shape index (κ2) is 8.48. The van der Waals surface area contributed by atoms with Gasteiger partial charge in [-0.15, -0.1) is 0 Å². The Morgan fingerprint density at radius 1 is 1.41 bits per heavy atom. The topological polar surface area (TPSA) is 78.7 Å². The van der Waals surface area contributed by atoms with Crippen LogP contribution in [0.1, 0.15) is 39.0 Å². The smallest absolute Gasteiger partial charge is 0.225 e. The molecule has 0 saturated carbocycles. The van der Waals surface area contributed by atoms with Gasteiger partial charge in [-0.25, -0.2) is 0 Å². The molecule has 0 spiro atoms. The fourth-order valence-corrected chi connectivity index (χ4v) is 3.52. The summed E-state index contributed by atoms with van der Waals surface area (Å²) < 4.78 is 0. The van der Waals surface area contributed by atoms with Crippen LogP contribution in [0.2, 0.25) is 0 Å². The molecule has 2 atom stereocenters. The summed E-state index contributed by atoms with van der Waals surface area (Å²) in [4.78, 5) is 28.6. The van der Waals surface area contributed by atoms with E-state index in [1.54, 1.807) is 0 Å². The summed E-state index contributed by atoms with van der Waals surface area (Å²) in [5.41, 5.74) is 5.44. The number of rotatable bonds is 8. The Kier molecular flexibility index (Phi) is 6.64. The Balaban J connectivity index is 1.76. The summed E-state index contributed by atoms with van der Waals surface area (Å²) in [6.45, 7) is 7.01. The number of likely N-dealkylation sites (tertiary alicyclic amines) is 2. The molecule has 2 fully saturated rings. The third-order valence-electron chi connectivity index (χ3n) is 4.85. The second-order valence-electron chi connectivity index (χ2n) is 6.41. The minimum absolute atomic E-state index is 0.0200. The maximum atomic E-state index is 12.2. The van der Waals surface area contributed by atoms with E-state index in [0.29, 0.717) is 32.1 Å². The number of hydrogen-bond donors (Lipinski definition) is 2. The SMILES string of the molecule is CCN1CCCC1CN1CC(C(=O)NCCCCN)CC1=O. The molecular weight excluding hydrogens is 280 g/mol. The largest absolute Gasteiger partial charge is 0.356 e. The van der Waals surface area contributed by atoms with Crippen LogP contribution < -0.4 is 11.1 Å². The van der Waals surface area contributed by atoms with Gasteiger partial charge in [0.2, 0.25) is 11.8 Å². The zero-order valence-electron chi connectivity index (χ0n) is 13.7. The third kappa shape index (κ3) is 4.43. The van der Waals surface area contributed by atoms with Gasteiger partial charge >= 0.3 is 0 Å². The summed E-state index contributed by atoms with van der Waals surface area (Å²) in [6, 6.07) is 0.473. The van der Waals surface area contributed by atoms with Crippen molar-refractivity contribution in [2.45, 2.75) is 45.1 Å². The van der Waals surface area contributed by atoms with Crippen LogP contribution in [0.3, 0.4) is 0 Å². The van der Waals surface area contributed by atoms with E-state index in [1.165, 1.54) is 6.42 Å². The molecule has 6 heteroatoms. The molecule has 2 saturated heterocycles. The number of nitrogens with zero attached hydrogens (tertiary/aromatic N) is 2. The number of nitrogens with two attached hydrogens (primary N) is 1. The van der Waals surface area contributed by atoms with E-state index in [1.807, 2.05) is 4.90 Å². The third-order valence-corrected chi connectivity index (χ3v) is 4.85. The molecule has 2 unspecified atom stereocenters. The molecule has 126 valence electrons. The van der Waals surface area contributed by atoms with Gasteiger partial charge in [-0.05, 0) is 45.3 Å². The molecule has 0 radical (unpaired) electrons. The molecule has 0 aromatic heterocycles. The highest BCUT2D eigenvalue weighted by Crippen LogP contribution is 2.23. The lowest BCUT2D eigenvalue weighted by Gasteiger charge is -2.27. The molecule has 0 bridgehead atoms. The number of hydrogen-bond acceptors (Lipinski definition) is 4. The van der Waals surface area contributed by atoms with E-state index in [4.69, 9.17) is 5.73 Å². The van der Waals surface area contributed by atoms with E-state index in [-0.39, 0.29) is 17.7 Å². The molecule has 2 heterocycles. The number of carbonyl (C=O) groups is 2. The van der Waals surface area contributed by atoms with Crippen molar-refractivity contribution >= 4 is 11.8 Å². The Labute approximate surface area is 133 Å². The maximum Gasteiger partial charge on any atom is 0.225 e. The first-order valence-corrected chi connectivity index (χ1v) is 8.65. The van der Waals surface area contributed by atoms with Crippen LogP contribution in [0.5, 0.6) is 0 Å². The van der Waals surface area contributed by atoms with Gasteiger partial charge in [-0.2, -0.15) is 0 Å². The summed E-state index contributed by atoms with van der Waals surface area (Å²) in [7, 11) is 0. The van der Waals surface area contributed by atoms with Gasteiger partial charge in [0.15, 0.2) is 0 Å². The quantitative estimate of drug-likeness (QED) is 0.627. The van der Waals surface area contributed by atoms with Gasteiger partial charge in [0.05, 0.1) is 5.92 Å². The maximum absolute atomic E-state index is 12.2. The first-order valence-electron chi connectivity index (χ1n) is 8.65. The molecule has 22 heavy (non-hydrogen) atoms. The number of amides is 2. The molecule has 0 aliphatic carbocycles. The fraction of sp³-hybridized carbons (Fsp3) is 0.875. The Hall–Kier alpha value is -1.14. The molecular formula is C16H30N4O2. The lowest BCUT2D eigenvalue weighted by atomic mass is 10.1. The van der Waals surface area contributed by atoms with Crippen LogP contribution >= 0.6 is 0 Å². The molecule has 6 nitrogen and oxygen atoms in total. The van der Waals surface area contributed by atoms with E-state index < -0.39 is 0 Å². The van der Waals surface area contributed by atoms with Gasteiger partial charge in [0.25, 0.3) is 0 Å². The van der Waals surface area contributed by atoms with Crippen molar-refractivity contribution in [2.24, 2.45) is 11.7 Å². The predicted molar refractivity (Wildman–Crippen MR) is 86.3 cm³/mol. The highest BCUT2D eigenvalue weighted by molar-refractivity contribution is 5.89. The first-order chi connectivity index (χ1) is 10.7. The molecule has 0 aromatic carbocycles. The van der Waals surface area contributed by atoms with E-state index in [0.717, 1.165) is 38.9 Å². The number of likely N-dealkylation sites (N-methyl/N-ethyl adjacent to an activating group) is 1. The molecule has 3 N–H and O–H groups in total. The predicted octanol–water partition coefficient (Wildman–Crippen LogP) is 0.174. The second-order valence-corrected chi connectivity index (χ2v) is 6.41. The summed E-state index contributed by atoms with van der Waals surface area (Å²) in [5.74, 6) is -0.0291. The van der Waals surface area contributed by atoms with Gasteiger partial charge in [0.1, 0.15) is 0 Å². The van der Waals surface area contributed by atoms with Crippen molar-refractivity contribution in [1.82, 2.24) is 15.1 Å². The van der Waals surface area contributed by atoms with Crippen LogP contribution in [-0.4, -0.2) is 66.9 Å². The number of nitrogens with one attached hydrogen (secondary N) is 1. The number of unbranched alkanes of at least 4 members (excludes halogenated alkanes) is 1. The first kappa shape index (κ1) is 17.2. The highest BCUT2D eigenvalue weighted by Gasteiger charge is 2.36. The summed E-state index contributed by atoms with van der Waals surface area (Å²) in [6.07, 6.45) is 4.56. The van der Waals surface area contributed by atoms with Gasteiger partial charge in [-0.1, -0.05) is 6.92 Å². The van der Waals surface area contributed by atoms with Crippen LogP contribution in [0.4, 0.5) is 0 Å². The summed E-state index contributed by atoms with van der Waals surface area (Å²) >= 11 is 0. The molecule has 2 aliphatic heterocycles. The van der Waals surface area contributed by atoms with Gasteiger partial charge in [-0.3, -0.25) is 14.5 Å². The Morgan fingerprint density at radius 2 is 2.23 bits per heavy atom. The summed E-state index contributed by atoms with van der Waals surface area (Å²) in [5, 5.41) is 2.93. The lowest BCUT2D eigenvalue weighted by molar-refractivity contribution is -0.129. The zero-order valence-corrected chi connectivity index (χ0v) is 13.7. The van der Waals surface area contributed by atoms with Crippen LogP contribution in [0.25, 0.3) is 0 Å². The van der Waals surface area contributed by atoms with Crippen LogP contribution in [0.15, 0.2) is 0 Å². The average molecular weight is 310 g/mol. The monoisotopic (exact) mass is 310 g/mol. The molecule has 2 rings (SSSR count). The van der Waals surface area contributed by atoms with Crippen molar-refractivity contribution < 1.29 is 9.59 Å². The van der Waals surface area contributed by atoms with E-state index >= 15 is 0 Å². The van der Waals surface area contributed by atoms with Crippen molar-refractivity contribution in [3.63, 3.8) is 0 Å². The van der Waals surface area contributed by atoms with Gasteiger partial charge in [0, 0.05) is 32.1 Å². The standard InChI is InChI=1S/C16H30N4O2/c1-2-19-9-5-6-14(19)12-20-11-13(10-15(20)21)16(22)18-8-4-3-7-17/h13-14H,2-12,17H2,1H3,(H,18,22). The minimum Gasteiger partial charge on any atom is -0.356 e. The Morgan fingerprint density at radius 3 is 2.95 bits per heavy atom. The van der Waals surface area contributed by atoms with Gasteiger partial charge < -0.3 is 16.0 Å². The van der Waals surface area contributed by atoms with Crippen molar-refractivity contribution in [2.75, 3.05) is 39.3 Å². The number of carbonyl (C=O) groups excluding carboxylic acids is 2. The minimum atomic E-state index is -0.179. The zero-order chi connectivity index (χ0) is 15.9. The van der Waals surface area contributed by atoms with E-state index in [2.05, 4.69) is 17.1 Å². The van der Waals surface area contributed by atoms with Crippen molar-refractivity contribution in [3.8, 4) is 0 Å². The lowest BCUT2D eigenvalue weighted by Crippen LogP contribution is -2.41. The fourth-order valence-electron chi connectivity index (χ4n) is 3.52. The molecule has 2 amide bonds. The van der Waals surface area contributed by atoms with Crippen molar-refractivity contribution in [3.05, 3.63) is 0 Å². The normalized spacial score (nSPS) is 25.9. The average Bonchev–Trinajstić information content (AvgIpc) is 3.11. The van der Waals surface area contributed by atoms with Crippen molar-refractivity contribution in [1.29, 1.82) is 0 Å². The Bertz CT molecular complexity index is 388.